The van der Waals surface area contributed by atoms with Crippen LogP contribution in [0.5, 0.6) is 5.75 Å². The number of nitrogens with zero attached hydrogens (tertiary/aromatic N) is 3. The number of nitrogen functional groups attached to an aromatic ring is 2. The second-order valence-corrected chi connectivity index (χ2v) is 7.01. The van der Waals surface area contributed by atoms with Gasteiger partial charge in [-0.25, -0.2) is 15.0 Å². The predicted molar refractivity (Wildman–Crippen MR) is 98.0 cm³/mol. The summed E-state index contributed by atoms with van der Waals surface area (Å²) < 4.78 is 5.74. The van der Waals surface area contributed by atoms with Gasteiger partial charge in [0, 0.05) is 17.2 Å². The molecule has 24 heavy (non-hydrogen) atoms. The summed E-state index contributed by atoms with van der Waals surface area (Å²) in [5.74, 6) is 2.24. The zero-order chi connectivity index (χ0) is 16.9. The minimum atomic E-state index is 0.371. The third kappa shape index (κ3) is 4.59. The van der Waals surface area contributed by atoms with Crippen LogP contribution >= 0.6 is 23.1 Å². The zero-order valence-corrected chi connectivity index (χ0v) is 14.7. The van der Waals surface area contributed by atoms with Crippen molar-refractivity contribution in [3.05, 3.63) is 52.0 Å². The normalized spacial score (nSPS) is 10.7. The Morgan fingerprint density at radius 2 is 1.79 bits per heavy atom. The van der Waals surface area contributed by atoms with Crippen LogP contribution in [0.25, 0.3) is 0 Å². The van der Waals surface area contributed by atoms with Crippen LogP contribution in [-0.4, -0.2) is 15.0 Å². The lowest BCUT2D eigenvalue weighted by Gasteiger charge is -2.04. The van der Waals surface area contributed by atoms with E-state index in [0.29, 0.717) is 29.2 Å². The van der Waals surface area contributed by atoms with E-state index < -0.39 is 0 Å². The summed E-state index contributed by atoms with van der Waals surface area (Å²) in [6.07, 6.45) is 0. The smallest absolute Gasteiger partial charge is 0.191 e. The van der Waals surface area contributed by atoms with Gasteiger partial charge in [-0.3, -0.25) is 0 Å². The van der Waals surface area contributed by atoms with E-state index in [-0.39, 0.29) is 0 Å². The highest BCUT2D eigenvalue weighted by Gasteiger charge is 2.07. The van der Waals surface area contributed by atoms with Crippen molar-refractivity contribution in [3.8, 4) is 5.75 Å². The van der Waals surface area contributed by atoms with Gasteiger partial charge in [-0.2, -0.15) is 0 Å². The van der Waals surface area contributed by atoms with Crippen LogP contribution in [-0.2, 0) is 12.4 Å². The average Bonchev–Trinajstić information content (AvgIpc) is 2.99. The second kappa shape index (κ2) is 7.50. The standard InChI is InChI=1S/C16H17N5OS2/c1-10-2-4-12(5-3-10)22-7-15-19-11(8-23-15)9-24-16-20-13(17)6-14(18)21-16/h2-6,8H,7,9H2,1H3,(H4,17,18,20,21). The largest absolute Gasteiger partial charge is 0.486 e. The molecule has 3 aromatic rings. The molecule has 0 aliphatic carbocycles. The number of thiazole rings is 1. The van der Waals surface area contributed by atoms with Gasteiger partial charge >= 0.3 is 0 Å². The molecule has 0 bridgehead atoms. The van der Waals surface area contributed by atoms with Crippen molar-refractivity contribution < 1.29 is 4.74 Å². The number of ether oxygens (including phenoxy) is 1. The van der Waals surface area contributed by atoms with Crippen LogP contribution in [0.4, 0.5) is 11.6 Å². The zero-order valence-electron chi connectivity index (χ0n) is 13.1. The molecule has 8 heteroatoms. The van der Waals surface area contributed by atoms with Crippen LogP contribution < -0.4 is 16.2 Å². The summed E-state index contributed by atoms with van der Waals surface area (Å²) in [6.45, 7) is 2.51. The predicted octanol–water partition coefficient (Wildman–Crippen LogP) is 3.28. The molecule has 0 atom stereocenters. The summed E-state index contributed by atoms with van der Waals surface area (Å²) in [5.41, 5.74) is 13.5. The maximum absolute atomic E-state index is 5.74. The monoisotopic (exact) mass is 359 g/mol. The summed E-state index contributed by atoms with van der Waals surface area (Å²) >= 11 is 3.03. The van der Waals surface area contributed by atoms with Crippen molar-refractivity contribution in [2.75, 3.05) is 11.5 Å². The van der Waals surface area contributed by atoms with Crippen LogP contribution in [0.15, 0.2) is 40.9 Å². The Balaban J connectivity index is 1.54. The third-order valence-electron chi connectivity index (χ3n) is 3.08. The van der Waals surface area contributed by atoms with Crippen LogP contribution in [0.1, 0.15) is 16.3 Å². The van der Waals surface area contributed by atoms with Crippen molar-refractivity contribution in [3.63, 3.8) is 0 Å². The first-order chi connectivity index (χ1) is 11.6. The number of aromatic nitrogens is 3. The number of rotatable bonds is 6. The summed E-state index contributed by atoms with van der Waals surface area (Å²) in [7, 11) is 0. The van der Waals surface area contributed by atoms with Gasteiger partial charge < -0.3 is 16.2 Å². The van der Waals surface area contributed by atoms with E-state index in [1.54, 1.807) is 11.3 Å². The summed E-state index contributed by atoms with van der Waals surface area (Å²) in [5, 5.41) is 3.49. The number of nitrogens with two attached hydrogens (primary N) is 2. The Labute approximate surface area is 148 Å². The Kier molecular flexibility index (Phi) is 5.17. The maximum Gasteiger partial charge on any atom is 0.191 e. The molecule has 124 valence electrons. The molecule has 1 aromatic carbocycles. The lowest BCUT2D eigenvalue weighted by Crippen LogP contribution is -1.99. The van der Waals surface area contributed by atoms with E-state index >= 15 is 0 Å². The molecule has 3 rings (SSSR count). The van der Waals surface area contributed by atoms with E-state index in [1.165, 1.54) is 23.4 Å². The molecule has 2 heterocycles. The molecule has 0 spiro atoms. The molecule has 0 unspecified atom stereocenters. The number of benzene rings is 1. The van der Waals surface area contributed by atoms with Gasteiger partial charge in [-0.15, -0.1) is 11.3 Å². The topological polar surface area (TPSA) is 99.9 Å². The first kappa shape index (κ1) is 16.5. The van der Waals surface area contributed by atoms with Gasteiger partial charge in [-0.05, 0) is 19.1 Å². The maximum atomic E-state index is 5.74. The lowest BCUT2D eigenvalue weighted by molar-refractivity contribution is 0.305. The Morgan fingerprint density at radius 3 is 2.50 bits per heavy atom. The fourth-order valence-electron chi connectivity index (χ4n) is 1.93. The van der Waals surface area contributed by atoms with E-state index in [4.69, 9.17) is 16.2 Å². The summed E-state index contributed by atoms with van der Waals surface area (Å²) in [4.78, 5) is 12.8. The first-order valence-electron chi connectivity index (χ1n) is 7.24. The lowest BCUT2D eigenvalue weighted by atomic mass is 10.2. The van der Waals surface area contributed by atoms with Gasteiger partial charge in [0.1, 0.15) is 29.0 Å². The SMILES string of the molecule is Cc1ccc(OCc2nc(CSc3nc(N)cc(N)n3)cs2)cc1. The van der Waals surface area contributed by atoms with Gasteiger partial charge in [0.2, 0.25) is 0 Å². The second-order valence-electron chi connectivity index (χ2n) is 5.12. The number of hydrogen-bond donors (Lipinski definition) is 2. The molecule has 0 aliphatic rings. The van der Waals surface area contributed by atoms with Crippen LogP contribution in [0.2, 0.25) is 0 Å². The molecule has 0 saturated carbocycles. The molecule has 2 aromatic heterocycles. The highest BCUT2D eigenvalue weighted by molar-refractivity contribution is 7.98. The van der Waals surface area contributed by atoms with Gasteiger partial charge in [0.05, 0.1) is 5.69 Å². The average molecular weight is 359 g/mol. The quantitative estimate of drug-likeness (QED) is 0.514. The molecular weight excluding hydrogens is 342 g/mol. The third-order valence-corrected chi connectivity index (χ3v) is 4.83. The number of thioether (sulfide) groups is 1. The van der Waals surface area contributed by atoms with Gasteiger partial charge in [0.15, 0.2) is 5.16 Å². The minimum Gasteiger partial charge on any atom is -0.486 e. The molecule has 0 aliphatic heterocycles. The van der Waals surface area contributed by atoms with E-state index in [1.807, 2.05) is 36.6 Å². The van der Waals surface area contributed by atoms with Crippen molar-refractivity contribution in [2.24, 2.45) is 0 Å². The van der Waals surface area contributed by atoms with Crippen molar-refractivity contribution in [1.29, 1.82) is 0 Å². The molecule has 0 amide bonds. The molecular formula is C16H17N5OS2. The number of hydrogen-bond acceptors (Lipinski definition) is 8. The van der Waals surface area contributed by atoms with Gasteiger partial charge in [0.25, 0.3) is 0 Å². The number of anilines is 2. The van der Waals surface area contributed by atoms with Crippen molar-refractivity contribution >= 4 is 34.7 Å². The van der Waals surface area contributed by atoms with Crippen molar-refractivity contribution in [2.45, 2.75) is 24.4 Å². The highest BCUT2D eigenvalue weighted by Crippen LogP contribution is 2.23. The van der Waals surface area contributed by atoms with Gasteiger partial charge in [-0.1, -0.05) is 29.5 Å². The number of aryl methyl sites for hydroxylation is 1. The van der Waals surface area contributed by atoms with E-state index in [9.17, 15) is 0 Å². The molecule has 0 fully saturated rings. The van der Waals surface area contributed by atoms with Crippen LogP contribution in [0, 0.1) is 6.92 Å². The van der Waals surface area contributed by atoms with Crippen LogP contribution in [0.3, 0.4) is 0 Å². The minimum absolute atomic E-state index is 0.371. The molecule has 4 N–H and O–H groups in total. The summed E-state index contributed by atoms with van der Waals surface area (Å²) in [6, 6.07) is 9.50. The van der Waals surface area contributed by atoms with E-state index in [2.05, 4.69) is 15.0 Å². The fourth-order valence-corrected chi connectivity index (χ4v) is 3.50. The fraction of sp³-hybridized carbons (Fsp3) is 0.188. The molecule has 6 nitrogen and oxygen atoms in total. The van der Waals surface area contributed by atoms with E-state index in [0.717, 1.165) is 16.5 Å². The Morgan fingerprint density at radius 1 is 1.08 bits per heavy atom. The first-order valence-corrected chi connectivity index (χ1v) is 9.10. The highest BCUT2D eigenvalue weighted by atomic mass is 32.2. The van der Waals surface area contributed by atoms with Crippen molar-refractivity contribution in [1.82, 2.24) is 15.0 Å². The Bertz CT molecular complexity index is 799. The molecule has 0 radical (unpaired) electrons. The Hall–Kier alpha value is -2.32. The molecule has 0 saturated heterocycles.